The topological polar surface area (TPSA) is 40.5 Å². The Morgan fingerprint density at radius 3 is 1.97 bits per heavy atom. The van der Waals surface area contributed by atoms with E-state index in [2.05, 4.69) is 37.3 Å². The Morgan fingerprint density at radius 1 is 0.667 bits per heavy atom. The van der Waals surface area contributed by atoms with Crippen LogP contribution in [-0.4, -0.2) is 10.2 Å². The molecule has 0 saturated carbocycles. The average molecular weight is 445 g/mol. The van der Waals surface area contributed by atoms with E-state index in [0.717, 1.165) is 34.7 Å². The quantitative estimate of drug-likeness (QED) is 0.204. The highest BCUT2D eigenvalue weighted by Gasteiger charge is 2.32. The number of hydrogen-bond donors (Lipinski definition) is 2. The number of aromatic hydroxyl groups is 1. The molecule has 33 heavy (non-hydrogen) atoms. The van der Waals surface area contributed by atoms with E-state index in [1.807, 2.05) is 18.2 Å². The molecule has 0 fully saturated rings. The van der Waals surface area contributed by atoms with Crippen molar-refractivity contribution in [1.82, 2.24) is 0 Å². The minimum absolute atomic E-state index is 0.291. The normalized spacial score (nSPS) is 17.3. The maximum Gasteiger partial charge on any atom is 0.116 e. The van der Waals surface area contributed by atoms with Crippen LogP contribution in [0.25, 0.3) is 27.6 Å². The van der Waals surface area contributed by atoms with Gasteiger partial charge in [0.2, 0.25) is 0 Å². The lowest BCUT2D eigenvalue weighted by atomic mass is 9.87. The number of phenols is 1. The minimum Gasteiger partial charge on any atom is -0.508 e. The summed E-state index contributed by atoms with van der Waals surface area (Å²) in [6, 6.07) is 14.0. The van der Waals surface area contributed by atoms with E-state index in [1.54, 1.807) is 6.07 Å². The molecule has 0 heterocycles. The van der Waals surface area contributed by atoms with Crippen molar-refractivity contribution in [3.8, 4) is 5.75 Å². The summed E-state index contributed by atoms with van der Waals surface area (Å²) in [7, 11) is 0. The maximum atomic E-state index is 11.4. The Bertz CT molecular complexity index is 1100. The van der Waals surface area contributed by atoms with Crippen LogP contribution in [0.2, 0.25) is 0 Å². The third kappa shape index (κ3) is 5.61. The molecule has 1 atom stereocenters. The zero-order valence-corrected chi connectivity index (χ0v) is 20.3. The van der Waals surface area contributed by atoms with Gasteiger partial charge >= 0.3 is 0 Å². The summed E-state index contributed by atoms with van der Waals surface area (Å²) in [5, 5.41) is 25.7. The zero-order chi connectivity index (χ0) is 23.1. The van der Waals surface area contributed by atoms with E-state index in [0.29, 0.717) is 5.75 Å². The molecule has 1 aliphatic rings. The molecule has 0 amide bonds. The largest absolute Gasteiger partial charge is 0.508 e. The van der Waals surface area contributed by atoms with Crippen LogP contribution in [0.3, 0.4) is 0 Å². The van der Waals surface area contributed by atoms with Gasteiger partial charge in [0.05, 0.1) is 0 Å². The lowest BCUT2D eigenvalue weighted by Gasteiger charge is -2.23. The first kappa shape index (κ1) is 23.8. The summed E-state index contributed by atoms with van der Waals surface area (Å²) in [4.78, 5) is 0. The van der Waals surface area contributed by atoms with Crippen molar-refractivity contribution in [3.63, 3.8) is 0 Å². The maximum absolute atomic E-state index is 11.4. The van der Waals surface area contributed by atoms with Crippen LogP contribution in [0.5, 0.6) is 5.75 Å². The van der Waals surface area contributed by atoms with Gasteiger partial charge in [-0.2, -0.15) is 0 Å². The number of hydrogen-bond acceptors (Lipinski definition) is 2. The molecular weight excluding hydrogens is 404 g/mol. The lowest BCUT2D eigenvalue weighted by Crippen LogP contribution is -2.20. The number of phenolic OH excluding ortho intramolecular Hbond substituents is 1. The zero-order valence-electron chi connectivity index (χ0n) is 20.3. The standard InChI is InChI=1S/C31H40O2/c1-2-3-4-5-6-7-8-9-10-11-12-13-21-31(33)22-20-29-28-16-14-24-23-25(32)15-17-26(24)27(28)18-19-30(29)31/h14-20,22-23,32-33H,2-13,21H2,1H3. The van der Waals surface area contributed by atoms with Gasteiger partial charge in [-0.1, -0.05) is 114 Å². The molecule has 0 saturated heterocycles. The summed E-state index contributed by atoms with van der Waals surface area (Å²) >= 11 is 0. The summed E-state index contributed by atoms with van der Waals surface area (Å²) in [5.74, 6) is 0.291. The molecule has 2 heteroatoms. The van der Waals surface area contributed by atoms with Gasteiger partial charge in [0.15, 0.2) is 0 Å². The first-order valence-electron chi connectivity index (χ1n) is 13.2. The summed E-state index contributed by atoms with van der Waals surface area (Å²) in [6.45, 7) is 2.28. The lowest BCUT2D eigenvalue weighted by molar-refractivity contribution is 0.0798. The molecule has 1 unspecified atom stereocenters. The second kappa shape index (κ2) is 11.2. The summed E-state index contributed by atoms with van der Waals surface area (Å²) in [6.07, 6.45) is 20.8. The smallest absolute Gasteiger partial charge is 0.116 e. The van der Waals surface area contributed by atoms with E-state index in [9.17, 15) is 10.2 Å². The fraction of sp³-hybridized carbons (Fsp3) is 0.484. The highest BCUT2D eigenvalue weighted by atomic mass is 16.3. The first-order valence-corrected chi connectivity index (χ1v) is 13.2. The monoisotopic (exact) mass is 444 g/mol. The fourth-order valence-electron chi connectivity index (χ4n) is 5.48. The van der Waals surface area contributed by atoms with Crippen molar-refractivity contribution < 1.29 is 10.2 Å². The van der Waals surface area contributed by atoms with E-state index in [1.165, 1.54) is 81.4 Å². The number of unbranched alkanes of at least 4 members (excludes halogenated alkanes) is 11. The highest BCUT2D eigenvalue weighted by molar-refractivity contribution is 6.11. The fourth-order valence-corrected chi connectivity index (χ4v) is 5.48. The molecular formula is C31H40O2. The number of fused-ring (bicyclic) bond motifs is 5. The van der Waals surface area contributed by atoms with E-state index in [4.69, 9.17) is 0 Å². The van der Waals surface area contributed by atoms with Gasteiger partial charge in [0.25, 0.3) is 0 Å². The Balaban J connectivity index is 1.27. The van der Waals surface area contributed by atoms with Crippen molar-refractivity contribution in [2.24, 2.45) is 0 Å². The predicted molar refractivity (Wildman–Crippen MR) is 142 cm³/mol. The number of rotatable bonds is 13. The molecule has 1 aliphatic carbocycles. The van der Waals surface area contributed by atoms with Crippen LogP contribution < -0.4 is 0 Å². The Kier molecular flexibility index (Phi) is 8.09. The molecule has 3 aromatic carbocycles. The van der Waals surface area contributed by atoms with Gasteiger partial charge in [0, 0.05) is 0 Å². The third-order valence-electron chi connectivity index (χ3n) is 7.45. The van der Waals surface area contributed by atoms with Crippen LogP contribution in [0.15, 0.2) is 48.5 Å². The summed E-state index contributed by atoms with van der Waals surface area (Å²) < 4.78 is 0. The van der Waals surface area contributed by atoms with Gasteiger partial charge in [-0.25, -0.2) is 0 Å². The van der Waals surface area contributed by atoms with E-state index in [-0.39, 0.29) is 0 Å². The first-order chi connectivity index (χ1) is 16.1. The van der Waals surface area contributed by atoms with Crippen LogP contribution in [0, 0.1) is 0 Å². The minimum atomic E-state index is -0.841. The van der Waals surface area contributed by atoms with E-state index >= 15 is 0 Å². The molecule has 0 bridgehead atoms. The molecule has 2 N–H and O–H groups in total. The predicted octanol–water partition coefficient (Wildman–Crippen LogP) is 9.00. The molecule has 0 radical (unpaired) electrons. The van der Waals surface area contributed by atoms with Crippen molar-refractivity contribution in [2.75, 3.05) is 0 Å². The molecule has 2 nitrogen and oxygen atoms in total. The Hall–Kier alpha value is -2.32. The van der Waals surface area contributed by atoms with Crippen molar-refractivity contribution >= 4 is 27.6 Å². The average Bonchev–Trinajstić information content (AvgIpc) is 3.16. The van der Waals surface area contributed by atoms with Crippen molar-refractivity contribution in [2.45, 2.75) is 96.0 Å². The molecule has 3 aromatic rings. The summed E-state index contributed by atoms with van der Waals surface area (Å²) in [5.41, 5.74) is 1.34. The van der Waals surface area contributed by atoms with Gasteiger partial charge in [0.1, 0.15) is 11.4 Å². The van der Waals surface area contributed by atoms with Gasteiger partial charge in [-0.05, 0) is 63.7 Å². The van der Waals surface area contributed by atoms with Gasteiger partial charge in [-0.15, -0.1) is 0 Å². The molecule has 176 valence electrons. The van der Waals surface area contributed by atoms with E-state index < -0.39 is 5.60 Å². The van der Waals surface area contributed by atoms with Crippen LogP contribution in [-0.2, 0) is 5.60 Å². The van der Waals surface area contributed by atoms with Crippen LogP contribution >= 0.6 is 0 Å². The van der Waals surface area contributed by atoms with Crippen molar-refractivity contribution in [3.05, 3.63) is 59.7 Å². The van der Waals surface area contributed by atoms with Crippen LogP contribution in [0.1, 0.15) is 102 Å². The SMILES string of the molecule is CCCCCCCCCCCCCCC1(O)C=Cc2c1ccc1c2ccc2cc(O)ccc21. The molecule has 0 spiro atoms. The molecule has 4 rings (SSSR count). The number of aliphatic hydroxyl groups is 1. The second-order valence-corrected chi connectivity index (χ2v) is 9.99. The second-order valence-electron chi connectivity index (χ2n) is 9.99. The third-order valence-corrected chi connectivity index (χ3v) is 7.45. The van der Waals surface area contributed by atoms with Crippen molar-refractivity contribution in [1.29, 1.82) is 0 Å². The Morgan fingerprint density at radius 2 is 1.27 bits per heavy atom. The Labute approximate surface area is 199 Å². The highest BCUT2D eigenvalue weighted by Crippen LogP contribution is 2.42. The number of benzene rings is 3. The molecule has 0 aliphatic heterocycles. The molecule has 0 aromatic heterocycles. The van der Waals surface area contributed by atoms with Crippen LogP contribution in [0.4, 0.5) is 0 Å². The van der Waals surface area contributed by atoms with Gasteiger partial charge in [-0.3, -0.25) is 0 Å². The van der Waals surface area contributed by atoms with Gasteiger partial charge < -0.3 is 10.2 Å².